The van der Waals surface area contributed by atoms with E-state index >= 15 is 0 Å². The van der Waals surface area contributed by atoms with Crippen molar-refractivity contribution in [3.8, 4) is 33.6 Å². The fraction of sp³-hybridized carbons (Fsp3) is 0.222. The van der Waals surface area contributed by atoms with Gasteiger partial charge in [-0.1, -0.05) is 94.5 Å². The Labute approximate surface area is 255 Å². The number of hydrogen-bond acceptors (Lipinski definition) is 2. The van der Waals surface area contributed by atoms with E-state index in [1.54, 1.807) is 0 Å². The molecule has 0 unspecified atom stereocenters. The molecule has 0 bridgehead atoms. The van der Waals surface area contributed by atoms with Crippen LogP contribution in [0.25, 0.3) is 33.6 Å². The van der Waals surface area contributed by atoms with Crippen LogP contribution < -0.4 is 5.19 Å². The maximum absolute atomic E-state index is 4.71. The second kappa shape index (κ2) is 13.9. The van der Waals surface area contributed by atoms with Crippen molar-refractivity contribution in [2.75, 3.05) is 0 Å². The van der Waals surface area contributed by atoms with Crippen molar-refractivity contribution in [3.63, 3.8) is 0 Å². The maximum atomic E-state index is 4.71. The van der Waals surface area contributed by atoms with Crippen LogP contribution in [0.5, 0.6) is 0 Å². The number of benzene rings is 3. The summed E-state index contributed by atoms with van der Waals surface area (Å²) in [5.41, 5.74) is 8.17. The Morgan fingerprint density at radius 2 is 1.23 bits per heavy atom. The summed E-state index contributed by atoms with van der Waals surface area (Å²) in [7, 11) is -1.37. The molecule has 207 valence electrons. The van der Waals surface area contributed by atoms with Crippen LogP contribution in [-0.4, -0.2) is 18.0 Å². The van der Waals surface area contributed by atoms with E-state index in [-0.39, 0.29) is 25.5 Å². The zero-order valence-corrected chi connectivity index (χ0v) is 27.7. The maximum Gasteiger partial charge on any atom is 0.0798 e. The van der Waals surface area contributed by atoms with Crippen molar-refractivity contribution < 1.29 is 20.1 Å². The van der Waals surface area contributed by atoms with Crippen molar-refractivity contribution in [3.05, 3.63) is 127 Å². The minimum atomic E-state index is -1.37. The van der Waals surface area contributed by atoms with Gasteiger partial charge in [0.2, 0.25) is 0 Å². The number of rotatable bonds is 5. The van der Waals surface area contributed by atoms with Gasteiger partial charge in [0.25, 0.3) is 0 Å². The van der Waals surface area contributed by atoms with E-state index in [9.17, 15) is 0 Å². The van der Waals surface area contributed by atoms with Gasteiger partial charge in [-0.3, -0.25) is 0 Å². The van der Waals surface area contributed by atoms with Gasteiger partial charge in [0.05, 0.1) is 8.07 Å². The molecule has 0 fully saturated rings. The largest absolute Gasteiger partial charge is 0.305 e. The minimum absolute atomic E-state index is 0. The number of pyridine rings is 2. The molecule has 5 aromatic rings. The smallest absolute Gasteiger partial charge is 0.0798 e. The minimum Gasteiger partial charge on any atom is -0.305 e. The Hall–Kier alpha value is -3.17. The topological polar surface area (TPSA) is 25.8 Å². The average Bonchev–Trinajstić information content (AvgIpc) is 2.93. The fourth-order valence-corrected chi connectivity index (χ4v) is 6.07. The zero-order chi connectivity index (χ0) is 27.9. The summed E-state index contributed by atoms with van der Waals surface area (Å²) in [4.78, 5) is 9.20. The van der Waals surface area contributed by atoms with Gasteiger partial charge in [-0.25, -0.2) is 0 Å². The molecule has 0 saturated heterocycles. The normalized spacial score (nSPS) is 11.2. The average molecular weight is 719 g/mol. The van der Waals surface area contributed by atoms with Crippen molar-refractivity contribution in [1.82, 2.24) is 9.97 Å². The first-order valence-electron chi connectivity index (χ1n) is 13.6. The van der Waals surface area contributed by atoms with E-state index in [0.29, 0.717) is 0 Å². The molecule has 0 spiro atoms. The standard InChI is InChI=1S/C19H26NSi.C17H12N.Ir/c1-19(2,3)13-16-12-17(15-10-8-7-9-11-15)20-14-18(16)21(4,5)6;1-3-7-14(8-4-1)16-11-12-17(18-13-16)15-9-5-2-6-10-15;/h7-10,12,14H,13H2,1-6H3;1-9,11-13H;/q2*-1;. The van der Waals surface area contributed by atoms with Crippen molar-refractivity contribution in [2.24, 2.45) is 5.41 Å². The molecular weight excluding hydrogens is 681 g/mol. The third kappa shape index (κ3) is 8.92. The van der Waals surface area contributed by atoms with Gasteiger partial charge in [-0.15, -0.1) is 71.8 Å². The van der Waals surface area contributed by atoms with Gasteiger partial charge in [-0.05, 0) is 39.5 Å². The van der Waals surface area contributed by atoms with Gasteiger partial charge < -0.3 is 9.97 Å². The van der Waals surface area contributed by atoms with Crippen molar-refractivity contribution in [2.45, 2.75) is 46.8 Å². The Morgan fingerprint density at radius 3 is 1.73 bits per heavy atom. The molecule has 0 atom stereocenters. The second-order valence-corrected chi connectivity index (χ2v) is 17.1. The van der Waals surface area contributed by atoms with Gasteiger partial charge in [0.1, 0.15) is 0 Å². The molecule has 0 aliphatic carbocycles. The van der Waals surface area contributed by atoms with Crippen LogP contribution >= 0.6 is 0 Å². The molecule has 0 N–H and O–H groups in total. The van der Waals surface area contributed by atoms with E-state index in [1.807, 2.05) is 72.9 Å². The molecule has 2 heterocycles. The summed E-state index contributed by atoms with van der Waals surface area (Å²) in [6.45, 7) is 14.1. The molecule has 40 heavy (non-hydrogen) atoms. The van der Waals surface area contributed by atoms with Crippen LogP contribution in [0.2, 0.25) is 19.6 Å². The Morgan fingerprint density at radius 1 is 0.650 bits per heavy atom. The summed E-state index contributed by atoms with van der Waals surface area (Å²) >= 11 is 0. The summed E-state index contributed by atoms with van der Waals surface area (Å²) in [6, 6.07) is 39.1. The van der Waals surface area contributed by atoms with Gasteiger partial charge >= 0.3 is 0 Å². The molecule has 0 aliphatic rings. The first-order chi connectivity index (χ1) is 18.6. The van der Waals surface area contributed by atoms with E-state index in [2.05, 4.69) is 94.1 Å². The second-order valence-electron chi connectivity index (χ2n) is 12.1. The quantitative estimate of drug-likeness (QED) is 0.134. The van der Waals surface area contributed by atoms with Crippen LogP contribution in [0, 0.1) is 17.5 Å². The Bertz CT molecular complexity index is 1400. The Kier molecular flexibility index (Phi) is 10.9. The number of aromatic nitrogens is 2. The van der Waals surface area contributed by atoms with Gasteiger partial charge in [0, 0.05) is 32.5 Å². The predicted octanol–water partition coefficient (Wildman–Crippen LogP) is 8.90. The Balaban J connectivity index is 0.000000217. The van der Waals surface area contributed by atoms with Crippen LogP contribution in [0.1, 0.15) is 26.3 Å². The van der Waals surface area contributed by atoms with Crippen molar-refractivity contribution in [1.29, 1.82) is 0 Å². The molecular formula is C36H38IrN2Si-2. The van der Waals surface area contributed by atoms with Crippen LogP contribution in [-0.2, 0) is 26.5 Å². The van der Waals surface area contributed by atoms with Gasteiger partial charge in [-0.2, -0.15) is 0 Å². The number of nitrogens with zero attached hydrogens (tertiary/aromatic N) is 2. The third-order valence-corrected chi connectivity index (χ3v) is 8.43. The molecule has 3 aromatic carbocycles. The zero-order valence-electron chi connectivity index (χ0n) is 24.3. The monoisotopic (exact) mass is 719 g/mol. The van der Waals surface area contributed by atoms with Crippen LogP contribution in [0.15, 0.2) is 109 Å². The fourth-order valence-electron chi connectivity index (χ4n) is 4.50. The number of hydrogen-bond donors (Lipinski definition) is 0. The first kappa shape index (κ1) is 31.4. The van der Waals surface area contributed by atoms with E-state index < -0.39 is 8.07 Å². The summed E-state index contributed by atoms with van der Waals surface area (Å²) in [5, 5.41) is 1.48. The molecule has 2 nitrogen and oxygen atoms in total. The molecule has 0 amide bonds. The summed E-state index contributed by atoms with van der Waals surface area (Å²) in [5.74, 6) is 0. The van der Waals surface area contributed by atoms with E-state index in [0.717, 1.165) is 34.5 Å². The first-order valence-corrected chi connectivity index (χ1v) is 17.1. The van der Waals surface area contributed by atoms with Crippen LogP contribution in [0.4, 0.5) is 0 Å². The summed E-state index contributed by atoms with van der Waals surface area (Å²) < 4.78 is 0. The molecule has 0 aliphatic heterocycles. The predicted molar refractivity (Wildman–Crippen MR) is 169 cm³/mol. The van der Waals surface area contributed by atoms with Crippen LogP contribution in [0.3, 0.4) is 0 Å². The molecule has 1 radical (unpaired) electrons. The van der Waals surface area contributed by atoms with Crippen molar-refractivity contribution >= 4 is 13.3 Å². The van der Waals surface area contributed by atoms with Gasteiger partial charge in [0.15, 0.2) is 0 Å². The molecule has 0 saturated carbocycles. The molecule has 2 aromatic heterocycles. The van der Waals surface area contributed by atoms with E-state index in [1.165, 1.54) is 16.3 Å². The van der Waals surface area contributed by atoms with E-state index in [4.69, 9.17) is 4.98 Å². The summed E-state index contributed by atoms with van der Waals surface area (Å²) in [6.07, 6.45) is 5.12. The SMILES string of the molecule is CC(C)(C)Cc1cc(-c2[c-]cccc2)ncc1[Si](C)(C)C.[Ir].[c-]1ccccc1-c1ccc(-c2ccccc2)cn1. The molecule has 4 heteroatoms. The molecule has 5 rings (SSSR count). The third-order valence-electron chi connectivity index (χ3n) is 6.36.